The van der Waals surface area contributed by atoms with Crippen molar-refractivity contribution in [1.29, 1.82) is 0 Å². The Kier molecular flexibility index (Phi) is 5.61. The number of benzene rings is 1. The van der Waals surface area contributed by atoms with Gasteiger partial charge in [0.05, 0.1) is 17.4 Å². The summed E-state index contributed by atoms with van der Waals surface area (Å²) in [5.41, 5.74) is 1.24. The van der Waals surface area contributed by atoms with E-state index in [9.17, 15) is 0 Å². The van der Waals surface area contributed by atoms with E-state index in [-0.39, 0.29) is 6.10 Å². The Morgan fingerprint density at radius 3 is 2.52 bits per heavy atom. The zero-order chi connectivity index (χ0) is 15.9. The maximum absolute atomic E-state index is 5.81. The summed E-state index contributed by atoms with van der Waals surface area (Å²) in [5, 5.41) is 0.525. The van der Waals surface area contributed by atoms with Crippen LogP contribution in [-0.4, -0.2) is 40.6 Å². The van der Waals surface area contributed by atoms with Crippen molar-refractivity contribution in [2.24, 2.45) is 0 Å². The van der Waals surface area contributed by atoms with Crippen molar-refractivity contribution < 1.29 is 4.74 Å². The highest BCUT2D eigenvalue weighted by Gasteiger charge is 2.20. The van der Waals surface area contributed by atoms with Gasteiger partial charge < -0.3 is 4.74 Å². The molecule has 0 spiro atoms. The van der Waals surface area contributed by atoms with Crippen LogP contribution in [0.3, 0.4) is 0 Å². The van der Waals surface area contributed by atoms with Crippen molar-refractivity contribution in [3.63, 3.8) is 0 Å². The Balaban J connectivity index is 1.41. The molecule has 1 aliphatic heterocycles. The Hall–Kier alpha value is -1.91. The number of aromatic nitrogens is 2. The summed E-state index contributed by atoms with van der Waals surface area (Å²) in [4.78, 5) is 10.6. The zero-order valence-corrected chi connectivity index (χ0v) is 13.7. The number of piperidine rings is 1. The summed E-state index contributed by atoms with van der Waals surface area (Å²) in [6.07, 6.45) is 9.69. The van der Waals surface area contributed by atoms with E-state index >= 15 is 0 Å². The lowest BCUT2D eigenvalue weighted by molar-refractivity contribution is 0.0985. The molecule has 120 valence electrons. The molecular weight excluding hydrogens is 310 g/mol. The fourth-order valence-electron chi connectivity index (χ4n) is 2.62. The van der Waals surface area contributed by atoms with Gasteiger partial charge in [0, 0.05) is 19.6 Å². The van der Waals surface area contributed by atoms with E-state index in [4.69, 9.17) is 16.3 Å². The molecule has 0 radical (unpaired) electrons. The van der Waals surface area contributed by atoms with Crippen LogP contribution in [0.4, 0.5) is 0 Å². The van der Waals surface area contributed by atoms with Crippen LogP contribution in [0.1, 0.15) is 18.4 Å². The first-order chi connectivity index (χ1) is 11.3. The topological polar surface area (TPSA) is 38.2 Å². The van der Waals surface area contributed by atoms with Crippen molar-refractivity contribution in [1.82, 2.24) is 14.9 Å². The fourth-order valence-corrected chi connectivity index (χ4v) is 2.72. The molecule has 1 fully saturated rings. The van der Waals surface area contributed by atoms with Crippen LogP contribution >= 0.6 is 11.6 Å². The van der Waals surface area contributed by atoms with E-state index in [0.717, 1.165) is 32.5 Å². The molecule has 2 aromatic rings. The largest absolute Gasteiger partial charge is 0.460 e. The SMILES string of the molecule is Clc1cnc(OC2CCN(C/C=C/c3ccccc3)CC2)nc1. The highest BCUT2D eigenvalue weighted by atomic mass is 35.5. The van der Waals surface area contributed by atoms with Gasteiger partial charge in [-0.15, -0.1) is 0 Å². The maximum atomic E-state index is 5.81. The van der Waals surface area contributed by atoms with Gasteiger partial charge in [-0.05, 0) is 18.4 Å². The standard InChI is InChI=1S/C18H20ClN3O/c19-16-13-20-18(21-14-16)23-17-8-11-22(12-9-17)10-4-7-15-5-2-1-3-6-15/h1-7,13-14,17H,8-12H2/b7-4+. The second kappa shape index (κ2) is 8.09. The van der Waals surface area contributed by atoms with Gasteiger partial charge in [0.2, 0.25) is 0 Å². The maximum Gasteiger partial charge on any atom is 0.316 e. The van der Waals surface area contributed by atoms with Crippen LogP contribution in [0.25, 0.3) is 6.08 Å². The first kappa shape index (κ1) is 16.0. The zero-order valence-electron chi connectivity index (χ0n) is 12.9. The lowest BCUT2D eigenvalue weighted by Crippen LogP contribution is -2.38. The summed E-state index contributed by atoms with van der Waals surface area (Å²) < 4.78 is 5.81. The number of rotatable bonds is 5. The lowest BCUT2D eigenvalue weighted by atomic mass is 10.1. The third kappa shape index (κ3) is 5.05. The first-order valence-corrected chi connectivity index (χ1v) is 8.25. The van der Waals surface area contributed by atoms with E-state index in [2.05, 4.69) is 51.3 Å². The second-order valence-corrected chi connectivity index (χ2v) is 6.05. The smallest absolute Gasteiger partial charge is 0.316 e. The average molecular weight is 330 g/mol. The number of hydrogen-bond donors (Lipinski definition) is 0. The van der Waals surface area contributed by atoms with Crippen molar-refractivity contribution in [2.75, 3.05) is 19.6 Å². The van der Waals surface area contributed by atoms with Gasteiger partial charge in [-0.1, -0.05) is 54.1 Å². The second-order valence-electron chi connectivity index (χ2n) is 5.61. The van der Waals surface area contributed by atoms with Gasteiger partial charge in [-0.2, -0.15) is 0 Å². The van der Waals surface area contributed by atoms with Gasteiger partial charge >= 0.3 is 6.01 Å². The van der Waals surface area contributed by atoms with E-state index in [1.807, 2.05) is 6.07 Å². The third-order valence-corrected chi connectivity index (χ3v) is 4.07. The number of halogens is 1. The normalized spacial score (nSPS) is 16.7. The molecule has 0 unspecified atom stereocenters. The molecule has 0 amide bonds. The molecule has 0 bridgehead atoms. The van der Waals surface area contributed by atoms with E-state index < -0.39 is 0 Å². The van der Waals surface area contributed by atoms with Crippen LogP contribution in [0, 0.1) is 0 Å². The highest BCUT2D eigenvalue weighted by Crippen LogP contribution is 2.16. The Morgan fingerprint density at radius 2 is 1.83 bits per heavy atom. The first-order valence-electron chi connectivity index (χ1n) is 7.88. The Morgan fingerprint density at radius 1 is 1.13 bits per heavy atom. The summed E-state index contributed by atoms with van der Waals surface area (Å²) in [5.74, 6) is 0. The molecule has 0 atom stereocenters. The van der Waals surface area contributed by atoms with Gasteiger partial charge in [0.25, 0.3) is 0 Å². The molecule has 2 heterocycles. The molecule has 0 saturated carbocycles. The van der Waals surface area contributed by atoms with Gasteiger partial charge in [-0.3, -0.25) is 4.90 Å². The summed E-state index contributed by atoms with van der Waals surface area (Å²) in [6, 6.07) is 10.8. The number of hydrogen-bond acceptors (Lipinski definition) is 4. The summed E-state index contributed by atoms with van der Waals surface area (Å²) in [6.45, 7) is 3.02. The van der Waals surface area contributed by atoms with Crippen LogP contribution in [0.2, 0.25) is 5.02 Å². The molecule has 1 aromatic carbocycles. The van der Waals surface area contributed by atoms with E-state index in [1.54, 1.807) is 12.4 Å². The summed E-state index contributed by atoms with van der Waals surface area (Å²) in [7, 11) is 0. The highest BCUT2D eigenvalue weighted by molar-refractivity contribution is 6.30. The molecule has 1 aliphatic rings. The van der Waals surface area contributed by atoms with Crippen molar-refractivity contribution >= 4 is 17.7 Å². The van der Waals surface area contributed by atoms with Crippen molar-refractivity contribution in [3.05, 3.63) is 59.4 Å². The average Bonchev–Trinajstić information content (AvgIpc) is 2.59. The molecule has 1 saturated heterocycles. The number of likely N-dealkylation sites (tertiary alicyclic amines) is 1. The molecule has 3 rings (SSSR count). The molecule has 0 N–H and O–H groups in total. The predicted molar refractivity (Wildman–Crippen MR) is 92.6 cm³/mol. The van der Waals surface area contributed by atoms with Crippen LogP contribution in [-0.2, 0) is 0 Å². The predicted octanol–water partition coefficient (Wildman–Crippen LogP) is 3.69. The molecule has 1 aromatic heterocycles. The minimum atomic E-state index is 0.186. The lowest BCUT2D eigenvalue weighted by Gasteiger charge is -2.30. The van der Waals surface area contributed by atoms with Crippen molar-refractivity contribution in [3.8, 4) is 6.01 Å². The van der Waals surface area contributed by atoms with Crippen LogP contribution in [0.15, 0.2) is 48.8 Å². The van der Waals surface area contributed by atoms with Gasteiger partial charge in [0.1, 0.15) is 6.10 Å². The molecule has 5 heteroatoms. The van der Waals surface area contributed by atoms with Gasteiger partial charge in [0.15, 0.2) is 0 Å². The molecule has 4 nitrogen and oxygen atoms in total. The Bertz CT molecular complexity index is 622. The van der Waals surface area contributed by atoms with E-state index in [0.29, 0.717) is 11.0 Å². The monoisotopic (exact) mass is 329 g/mol. The number of ether oxygens (including phenoxy) is 1. The van der Waals surface area contributed by atoms with Crippen LogP contribution in [0.5, 0.6) is 6.01 Å². The minimum Gasteiger partial charge on any atom is -0.460 e. The van der Waals surface area contributed by atoms with Crippen LogP contribution < -0.4 is 4.74 Å². The Labute approximate surface area is 141 Å². The summed E-state index contributed by atoms with van der Waals surface area (Å²) >= 11 is 5.77. The molecule has 0 aliphatic carbocycles. The molecule has 23 heavy (non-hydrogen) atoms. The van der Waals surface area contributed by atoms with Crippen molar-refractivity contribution in [2.45, 2.75) is 18.9 Å². The fraction of sp³-hybridized carbons (Fsp3) is 0.333. The minimum absolute atomic E-state index is 0.186. The third-order valence-electron chi connectivity index (χ3n) is 3.88. The van der Waals surface area contributed by atoms with Gasteiger partial charge in [-0.25, -0.2) is 9.97 Å². The number of nitrogens with zero attached hydrogens (tertiary/aromatic N) is 3. The molecular formula is C18H20ClN3O. The van der Waals surface area contributed by atoms with E-state index in [1.165, 1.54) is 5.56 Å². The quantitative estimate of drug-likeness (QED) is 0.838.